The van der Waals surface area contributed by atoms with Gasteiger partial charge in [0, 0.05) is 13.0 Å². The Morgan fingerprint density at radius 1 is 0.635 bits per heavy atom. The van der Waals surface area contributed by atoms with E-state index in [1.54, 1.807) is 0 Å². The molecule has 0 heterocycles. The molecule has 3 atom stereocenters. The van der Waals surface area contributed by atoms with Crippen molar-refractivity contribution in [3.63, 3.8) is 0 Å². The number of unbranched alkanes of at least 4 members (excludes halogenated alkanes) is 13. The van der Waals surface area contributed by atoms with Gasteiger partial charge in [-0.15, -0.1) is 0 Å². The first-order chi connectivity index (χ1) is 25.2. The zero-order valence-electron chi connectivity index (χ0n) is 32.4. The summed E-state index contributed by atoms with van der Waals surface area (Å²) in [4.78, 5) is 33.3. The van der Waals surface area contributed by atoms with Crippen LogP contribution in [0.2, 0.25) is 0 Å². The van der Waals surface area contributed by atoms with Crippen molar-refractivity contribution in [2.24, 2.45) is 5.73 Å². The summed E-state index contributed by atoms with van der Waals surface area (Å²) in [5.41, 5.74) is 5.33. The molecular formula is C41H72NO9P. The molecule has 4 N–H and O–H groups in total. The van der Waals surface area contributed by atoms with E-state index < -0.39 is 45.1 Å². The average Bonchev–Trinajstić information content (AvgIpc) is 3.12. The normalized spacial score (nSPS) is 14.7. The van der Waals surface area contributed by atoms with Gasteiger partial charge in [0.2, 0.25) is 0 Å². The van der Waals surface area contributed by atoms with Crippen molar-refractivity contribution in [2.75, 3.05) is 26.4 Å². The van der Waals surface area contributed by atoms with E-state index in [-0.39, 0.29) is 13.0 Å². The summed E-state index contributed by atoms with van der Waals surface area (Å²) in [5, 5.41) is 8.86. The molecule has 0 aliphatic heterocycles. The molecule has 0 aliphatic rings. The molecule has 0 saturated carbocycles. The number of aliphatic carboxylic acids is 1. The molecule has 10 nitrogen and oxygen atoms in total. The van der Waals surface area contributed by atoms with Crippen LogP contribution in [0.15, 0.2) is 60.8 Å². The van der Waals surface area contributed by atoms with Crippen molar-refractivity contribution in [2.45, 2.75) is 161 Å². The summed E-state index contributed by atoms with van der Waals surface area (Å²) >= 11 is 0. The van der Waals surface area contributed by atoms with E-state index >= 15 is 0 Å². The molecule has 0 aromatic carbocycles. The minimum Gasteiger partial charge on any atom is -0.480 e. The number of carboxylic acid groups (broad SMARTS) is 1. The van der Waals surface area contributed by atoms with Crippen molar-refractivity contribution in [3.05, 3.63) is 60.8 Å². The number of ether oxygens (including phenoxy) is 2. The van der Waals surface area contributed by atoms with E-state index in [9.17, 15) is 19.0 Å². The molecule has 52 heavy (non-hydrogen) atoms. The minimum atomic E-state index is -4.61. The number of esters is 1. The maximum atomic E-state index is 12.5. The lowest BCUT2D eigenvalue weighted by molar-refractivity contribution is -0.154. The molecule has 300 valence electrons. The van der Waals surface area contributed by atoms with Gasteiger partial charge in [0.05, 0.1) is 19.8 Å². The molecule has 0 radical (unpaired) electrons. The molecular weight excluding hydrogens is 681 g/mol. The Morgan fingerprint density at radius 2 is 1.12 bits per heavy atom. The number of rotatable bonds is 37. The number of hydrogen-bond acceptors (Lipinski definition) is 8. The van der Waals surface area contributed by atoms with Gasteiger partial charge in [-0.05, 0) is 57.8 Å². The van der Waals surface area contributed by atoms with Crippen LogP contribution in [-0.2, 0) is 32.7 Å². The van der Waals surface area contributed by atoms with Gasteiger partial charge in [0.15, 0.2) is 0 Å². The van der Waals surface area contributed by atoms with Gasteiger partial charge in [-0.25, -0.2) is 4.57 Å². The van der Waals surface area contributed by atoms with E-state index in [1.807, 2.05) is 0 Å². The highest BCUT2D eigenvalue weighted by atomic mass is 31.2. The van der Waals surface area contributed by atoms with Crippen molar-refractivity contribution >= 4 is 19.8 Å². The van der Waals surface area contributed by atoms with Crippen LogP contribution in [0.25, 0.3) is 0 Å². The topological polar surface area (TPSA) is 155 Å². The van der Waals surface area contributed by atoms with Gasteiger partial charge in [-0.3, -0.25) is 18.6 Å². The summed E-state index contributed by atoms with van der Waals surface area (Å²) in [6, 6.07) is -1.48. The van der Waals surface area contributed by atoms with E-state index in [0.717, 1.165) is 83.5 Å². The molecule has 0 aromatic rings. The Hall–Kier alpha value is -2.33. The number of allylic oxidation sites excluding steroid dienone is 10. The third kappa shape index (κ3) is 36.0. The van der Waals surface area contributed by atoms with Crippen LogP contribution in [-0.4, -0.2) is 60.5 Å². The van der Waals surface area contributed by atoms with Gasteiger partial charge in [0.1, 0.15) is 12.1 Å². The second-order valence-electron chi connectivity index (χ2n) is 13.0. The predicted molar refractivity (Wildman–Crippen MR) is 212 cm³/mol. The smallest absolute Gasteiger partial charge is 0.472 e. The van der Waals surface area contributed by atoms with Crippen LogP contribution in [0.5, 0.6) is 0 Å². The molecule has 0 fully saturated rings. The van der Waals surface area contributed by atoms with Gasteiger partial charge in [-0.2, -0.15) is 0 Å². The third-order valence-electron chi connectivity index (χ3n) is 8.06. The maximum absolute atomic E-state index is 12.5. The zero-order valence-corrected chi connectivity index (χ0v) is 33.3. The van der Waals surface area contributed by atoms with Crippen molar-refractivity contribution in [1.29, 1.82) is 0 Å². The zero-order chi connectivity index (χ0) is 38.4. The largest absolute Gasteiger partial charge is 0.480 e. The number of phosphoric acid groups is 1. The van der Waals surface area contributed by atoms with E-state index in [2.05, 4.69) is 79.1 Å². The molecule has 0 aliphatic carbocycles. The van der Waals surface area contributed by atoms with Crippen LogP contribution < -0.4 is 5.73 Å². The fraction of sp³-hybridized carbons (Fsp3) is 0.707. The second-order valence-corrected chi connectivity index (χ2v) is 14.5. The SMILES string of the molecule is CC/C=C\C/C=C\C/C=C\C/C=C\C/C=C\CCCCCCCCOCC(COP(=O)(O)OCC(N)C(=O)O)OC(=O)CCCCCCCCCC. The highest BCUT2D eigenvalue weighted by molar-refractivity contribution is 7.47. The van der Waals surface area contributed by atoms with E-state index in [4.69, 9.17) is 24.8 Å². The van der Waals surface area contributed by atoms with E-state index in [1.165, 1.54) is 38.5 Å². The first-order valence-corrected chi connectivity index (χ1v) is 21.3. The standard InChI is InChI=1S/C41H72NO9P/c1-3-5-7-9-11-13-14-15-16-17-18-19-20-21-22-23-24-25-26-28-30-32-34-48-35-38(36-49-52(46,47)50-37-39(42)41(44)45)51-40(43)33-31-29-27-12-10-8-6-4-2/h5,7,11,13,15-16,18-19,21-22,38-39H,3-4,6,8-10,12,14,17,20,23-37,42H2,1-2H3,(H,44,45)(H,46,47)/b7-5-,13-11-,16-15-,19-18-,22-21-. The Morgan fingerprint density at radius 3 is 1.67 bits per heavy atom. The molecule has 0 rings (SSSR count). The number of carboxylic acids is 1. The Balaban J connectivity index is 4.20. The fourth-order valence-electron chi connectivity index (χ4n) is 4.98. The molecule has 0 amide bonds. The van der Waals surface area contributed by atoms with Crippen LogP contribution in [0.1, 0.15) is 149 Å². The van der Waals surface area contributed by atoms with Crippen LogP contribution in [0.4, 0.5) is 0 Å². The summed E-state index contributed by atoms with van der Waals surface area (Å²) in [6.07, 6.45) is 42.9. The lowest BCUT2D eigenvalue weighted by Crippen LogP contribution is -2.34. The Labute approximate surface area is 315 Å². The number of phosphoric ester groups is 1. The Bertz CT molecular complexity index is 1060. The quantitative estimate of drug-likeness (QED) is 0.0242. The van der Waals surface area contributed by atoms with Crippen molar-refractivity contribution in [1.82, 2.24) is 0 Å². The summed E-state index contributed by atoms with van der Waals surface area (Å²) < 4.78 is 33.1. The minimum absolute atomic E-state index is 0.00502. The number of nitrogens with two attached hydrogens (primary N) is 1. The highest BCUT2D eigenvalue weighted by Crippen LogP contribution is 2.43. The molecule has 0 spiro atoms. The molecule has 0 saturated heterocycles. The summed E-state index contributed by atoms with van der Waals surface area (Å²) in [7, 11) is -4.61. The maximum Gasteiger partial charge on any atom is 0.472 e. The van der Waals surface area contributed by atoms with Gasteiger partial charge in [-0.1, -0.05) is 145 Å². The molecule has 11 heteroatoms. The fourth-order valence-corrected chi connectivity index (χ4v) is 5.76. The molecule has 0 bridgehead atoms. The molecule has 0 aromatic heterocycles. The number of carbonyl (C=O) groups is 2. The second kappa shape index (κ2) is 37.0. The average molecular weight is 754 g/mol. The first kappa shape index (κ1) is 49.7. The first-order valence-electron chi connectivity index (χ1n) is 19.8. The number of carbonyl (C=O) groups excluding carboxylic acids is 1. The van der Waals surface area contributed by atoms with Crippen molar-refractivity contribution in [3.8, 4) is 0 Å². The van der Waals surface area contributed by atoms with Gasteiger partial charge in [0.25, 0.3) is 0 Å². The lowest BCUT2D eigenvalue weighted by atomic mass is 10.1. The van der Waals surface area contributed by atoms with E-state index in [0.29, 0.717) is 13.0 Å². The lowest BCUT2D eigenvalue weighted by Gasteiger charge is -2.20. The predicted octanol–water partition coefficient (Wildman–Crippen LogP) is 10.5. The van der Waals surface area contributed by atoms with Gasteiger partial charge >= 0.3 is 19.8 Å². The monoisotopic (exact) mass is 753 g/mol. The number of hydrogen-bond donors (Lipinski definition) is 3. The Kier molecular flexibility index (Phi) is 35.3. The molecule has 3 unspecified atom stereocenters. The van der Waals surface area contributed by atoms with Gasteiger partial charge < -0.3 is 25.2 Å². The highest BCUT2D eigenvalue weighted by Gasteiger charge is 2.27. The summed E-state index contributed by atoms with van der Waals surface area (Å²) in [6.45, 7) is 3.67. The summed E-state index contributed by atoms with van der Waals surface area (Å²) in [5.74, 6) is -1.79. The van der Waals surface area contributed by atoms with Crippen LogP contribution >= 0.6 is 7.82 Å². The van der Waals surface area contributed by atoms with Crippen LogP contribution in [0.3, 0.4) is 0 Å². The van der Waals surface area contributed by atoms with Crippen LogP contribution in [0, 0.1) is 0 Å². The third-order valence-corrected chi connectivity index (χ3v) is 9.01. The van der Waals surface area contributed by atoms with Crippen molar-refractivity contribution < 1.29 is 42.7 Å².